The lowest BCUT2D eigenvalue weighted by Crippen LogP contribution is -2.23. The number of halogens is 2. The van der Waals surface area contributed by atoms with Crippen molar-refractivity contribution in [2.45, 2.75) is 12.8 Å². The van der Waals surface area contributed by atoms with E-state index in [0.717, 1.165) is 18.7 Å². The topological polar surface area (TPSA) is 49.4 Å². The second-order valence-corrected chi connectivity index (χ2v) is 6.06. The maximum Gasteiger partial charge on any atom is 0.255 e. The molecular weight excluding hydrogens is 335 g/mol. The molecule has 1 saturated heterocycles. The number of carbonyl (C=O) groups is 2. The van der Waals surface area contributed by atoms with Gasteiger partial charge in [-0.2, -0.15) is 0 Å². The first-order valence-electron chi connectivity index (χ1n) is 7.22. The summed E-state index contributed by atoms with van der Waals surface area (Å²) in [6, 6.07) is 11.9. The summed E-state index contributed by atoms with van der Waals surface area (Å²) in [5, 5.41) is 3.47. The predicted molar refractivity (Wildman–Crippen MR) is 92.4 cm³/mol. The van der Waals surface area contributed by atoms with Crippen molar-refractivity contribution in [3.05, 3.63) is 58.1 Å². The highest BCUT2D eigenvalue weighted by molar-refractivity contribution is 6.40. The molecule has 1 aliphatic rings. The monoisotopic (exact) mass is 348 g/mol. The molecule has 3 rings (SSSR count). The lowest BCUT2D eigenvalue weighted by molar-refractivity contribution is -0.117. The van der Waals surface area contributed by atoms with Gasteiger partial charge >= 0.3 is 0 Å². The number of anilines is 2. The highest BCUT2D eigenvalue weighted by atomic mass is 35.5. The Morgan fingerprint density at radius 3 is 2.26 bits per heavy atom. The maximum atomic E-state index is 12.3. The van der Waals surface area contributed by atoms with Crippen LogP contribution in [0, 0.1) is 0 Å². The lowest BCUT2D eigenvalue weighted by Gasteiger charge is -2.16. The van der Waals surface area contributed by atoms with Crippen LogP contribution in [-0.4, -0.2) is 18.4 Å². The third kappa shape index (κ3) is 3.33. The van der Waals surface area contributed by atoms with E-state index in [2.05, 4.69) is 5.32 Å². The van der Waals surface area contributed by atoms with Crippen LogP contribution in [0.3, 0.4) is 0 Å². The molecule has 0 unspecified atom stereocenters. The molecule has 1 heterocycles. The molecule has 1 aliphatic heterocycles. The van der Waals surface area contributed by atoms with E-state index < -0.39 is 0 Å². The minimum absolute atomic E-state index is 0.116. The molecular formula is C17H14Cl2N2O2. The number of nitrogens with zero attached hydrogens (tertiary/aromatic N) is 1. The van der Waals surface area contributed by atoms with Gasteiger partial charge in [0, 0.05) is 24.2 Å². The molecule has 0 spiro atoms. The summed E-state index contributed by atoms with van der Waals surface area (Å²) in [4.78, 5) is 25.8. The van der Waals surface area contributed by atoms with Crippen molar-refractivity contribution < 1.29 is 9.59 Å². The molecule has 0 aromatic heterocycles. The quantitative estimate of drug-likeness (QED) is 0.894. The Morgan fingerprint density at radius 2 is 1.70 bits per heavy atom. The van der Waals surface area contributed by atoms with Crippen molar-refractivity contribution in [2.75, 3.05) is 16.8 Å². The molecule has 1 fully saturated rings. The van der Waals surface area contributed by atoms with Crippen LogP contribution < -0.4 is 10.2 Å². The van der Waals surface area contributed by atoms with E-state index >= 15 is 0 Å². The second-order valence-electron chi connectivity index (χ2n) is 5.25. The average molecular weight is 349 g/mol. The smallest absolute Gasteiger partial charge is 0.255 e. The van der Waals surface area contributed by atoms with Crippen molar-refractivity contribution in [2.24, 2.45) is 0 Å². The molecule has 0 aliphatic carbocycles. The van der Waals surface area contributed by atoms with Gasteiger partial charge in [-0.05, 0) is 42.8 Å². The van der Waals surface area contributed by atoms with E-state index in [4.69, 9.17) is 23.2 Å². The molecule has 0 radical (unpaired) electrons. The van der Waals surface area contributed by atoms with Gasteiger partial charge in [0.2, 0.25) is 5.91 Å². The lowest BCUT2D eigenvalue weighted by atomic mass is 10.1. The van der Waals surface area contributed by atoms with Crippen molar-refractivity contribution in [3.63, 3.8) is 0 Å². The fourth-order valence-electron chi connectivity index (χ4n) is 2.52. The van der Waals surface area contributed by atoms with Gasteiger partial charge in [0.25, 0.3) is 5.91 Å². The minimum atomic E-state index is -0.306. The molecule has 0 saturated carbocycles. The number of rotatable bonds is 3. The number of amides is 2. The van der Waals surface area contributed by atoms with Crippen molar-refractivity contribution in [3.8, 4) is 0 Å². The van der Waals surface area contributed by atoms with Crippen LogP contribution in [0.25, 0.3) is 0 Å². The van der Waals surface area contributed by atoms with Gasteiger partial charge in [0.05, 0.1) is 15.7 Å². The first-order chi connectivity index (χ1) is 11.1. The van der Waals surface area contributed by atoms with Crippen LogP contribution in [0.4, 0.5) is 11.4 Å². The summed E-state index contributed by atoms with van der Waals surface area (Å²) >= 11 is 12.1. The van der Waals surface area contributed by atoms with Crippen LogP contribution in [0.1, 0.15) is 23.2 Å². The Bertz CT molecular complexity index is 739. The minimum Gasteiger partial charge on any atom is -0.319 e. The van der Waals surface area contributed by atoms with E-state index in [1.54, 1.807) is 47.4 Å². The molecule has 23 heavy (non-hydrogen) atoms. The zero-order valence-electron chi connectivity index (χ0n) is 12.2. The molecule has 118 valence electrons. The standard InChI is InChI=1S/C17H14Cl2N2O2/c18-13-3-1-4-14(19)16(13)20-17(23)11-6-8-12(9-7-11)21-10-2-5-15(21)22/h1,3-4,6-9H,2,5,10H2,(H,20,23). The normalized spacial score (nSPS) is 14.2. The molecule has 0 bridgehead atoms. The Kier molecular flexibility index (Phi) is 4.55. The molecule has 6 heteroatoms. The summed E-state index contributed by atoms with van der Waals surface area (Å²) in [6.45, 7) is 0.722. The first-order valence-corrected chi connectivity index (χ1v) is 7.97. The van der Waals surface area contributed by atoms with Crippen molar-refractivity contribution >= 4 is 46.4 Å². The molecule has 0 atom stereocenters. The van der Waals surface area contributed by atoms with Crippen LogP contribution in [0.15, 0.2) is 42.5 Å². The van der Waals surface area contributed by atoms with Crippen LogP contribution in [0.2, 0.25) is 10.0 Å². The van der Waals surface area contributed by atoms with Crippen molar-refractivity contribution in [1.29, 1.82) is 0 Å². The number of hydrogen-bond donors (Lipinski definition) is 1. The van der Waals surface area contributed by atoms with Gasteiger partial charge in [-0.25, -0.2) is 0 Å². The number of hydrogen-bond acceptors (Lipinski definition) is 2. The predicted octanol–water partition coefficient (Wildman–Crippen LogP) is 4.37. The van der Waals surface area contributed by atoms with E-state index in [1.165, 1.54) is 0 Å². The average Bonchev–Trinajstić information content (AvgIpc) is 2.97. The van der Waals surface area contributed by atoms with E-state index in [0.29, 0.717) is 27.7 Å². The van der Waals surface area contributed by atoms with Gasteiger partial charge in [0.1, 0.15) is 0 Å². The van der Waals surface area contributed by atoms with Crippen LogP contribution in [0.5, 0.6) is 0 Å². The molecule has 2 aromatic carbocycles. The van der Waals surface area contributed by atoms with Gasteiger partial charge in [-0.1, -0.05) is 29.3 Å². The second kappa shape index (κ2) is 6.60. The molecule has 4 nitrogen and oxygen atoms in total. The Labute approximate surface area is 144 Å². The zero-order valence-corrected chi connectivity index (χ0v) is 13.7. The SMILES string of the molecule is O=C(Nc1c(Cl)cccc1Cl)c1ccc(N2CCCC2=O)cc1. The molecule has 2 aromatic rings. The number of carbonyl (C=O) groups excluding carboxylic acids is 2. The zero-order chi connectivity index (χ0) is 16.4. The third-order valence-electron chi connectivity index (χ3n) is 3.72. The first kappa shape index (κ1) is 15.8. The van der Waals surface area contributed by atoms with Gasteiger partial charge < -0.3 is 10.2 Å². The van der Waals surface area contributed by atoms with E-state index in [9.17, 15) is 9.59 Å². The number of benzene rings is 2. The summed E-state index contributed by atoms with van der Waals surface area (Å²) in [6.07, 6.45) is 1.44. The van der Waals surface area contributed by atoms with Gasteiger partial charge in [0.15, 0.2) is 0 Å². The van der Waals surface area contributed by atoms with Crippen LogP contribution >= 0.6 is 23.2 Å². The number of para-hydroxylation sites is 1. The molecule has 2 amide bonds. The summed E-state index contributed by atoms with van der Waals surface area (Å²) in [5.74, 6) is -0.190. The van der Waals surface area contributed by atoms with E-state index in [-0.39, 0.29) is 11.8 Å². The maximum absolute atomic E-state index is 12.3. The van der Waals surface area contributed by atoms with Gasteiger partial charge in [-0.3, -0.25) is 9.59 Å². The third-order valence-corrected chi connectivity index (χ3v) is 4.35. The molecule has 1 N–H and O–H groups in total. The summed E-state index contributed by atoms with van der Waals surface area (Å²) in [5.41, 5.74) is 1.66. The van der Waals surface area contributed by atoms with Crippen LogP contribution in [-0.2, 0) is 4.79 Å². The van der Waals surface area contributed by atoms with Crippen molar-refractivity contribution in [1.82, 2.24) is 0 Å². The fraction of sp³-hybridized carbons (Fsp3) is 0.176. The van der Waals surface area contributed by atoms with Gasteiger partial charge in [-0.15, -0.1) is 0 Å². The Hall–Kier alpha value is -2.04. The highest BCUT2D eigenvalue weighted by Crippen LogP contribution is 2.30. The Morgan fingerprint density at radius 1 is 1.04 bits per heavy atom. The summed E-state index contributed by atoms with van der Waals surface area (Å²) < 4.78 is 0. The largest absolute Gasteiger partial charge is 0.319 e. The number of nitrogens with one attached hydrogen (secondary N) is 1. The Balaban J connectivity index is 1.77. The van der Waals surface area contributed by atoms with E-state index in [1.807, 2.05) is 0 Å². The fourth-order valence-corrected chi connectivity index (χ4v) is 3.01. The highest BCUT2D eigenvalue weighted by Gasteiger charge is 2.21. The summed E-state index contributed by atoms with van der Waals surface area (Å²) in [7, 11) is 0.